The molecule has 18 heavy (non-hydrogen) atoms. The van der Waals surface area contributed by atoms with Crippen LogP contribution in [0.2, 0.25) is 0 Å². The number of carbonyl (C=O) groups is 1. The maximum absolute atomic E-state index is 12.6. The van der Waals surface area contributed by atoms with E-state index in [1.54, 1.807) is 7.11 Å². The summed E-state index contributed by atoms with van der Waals surface area (Å²) in [6, 6.07) is 1.01. The lowest BCUT2D eigenvalue weighted by Gasteiger charge is -2.41. The highest BCUT2D eigenvalue weighted by molar-refractivity contribution is 5.76. The summed E-state index contributed by atoms with van der Waals surface area (Å²) < 4.78 is 10.8. The first kappa shape index (κ1) is 12.2. The molecule has 0 N–H and O–H groups in total. The number of nitrogens with zero attached hydrogens (tertiary/aromatic N) is 2. The van der Waals surface area contributed by atoms with Crippen molar-refractivity contribution < 1.29 is 14.3 Å². The van der Waals surface area contributed by atoms with Crippen molar-refractivity contribution in [3.8, 4) is 0 Å². The Balaban J connectivity index is 1.67. The molecule has 0 aromatic heterocycles. The first-order valence-corrected chi connectivity index (χ1v) is 6.97. The maximum Gasteiger partial charge on any atom is 0.320 e. The van der Waals surface area contributed by atoms with E-state index in [0.29, 0.717) is 31.4 Å². The summed E-state index contributed by atoms with van der Waals surface area (Å²) in [4.78, 5) is 16.6. The Hall–Kier alpha value is -0.810. The first-order valence-electron chi connectivity index (χ1n) is 6.97. The Kier molecular flexibility index (Phi) is 3.43. The van der Waals surface area contributed by atoms with Gasteiger partial charge in [0.05, 0.1) is 19.3 Å². The van der Waals surface area contributed by atoms with E-state index in [4.69, 9.17) is 9.47 Å². The Morgan fingerprint density at radius 1 is 1.17 bits per heavy atom. The van der Waals surface area contributed by atoms with Crippen molar-refractivity contribution in [1.82, 2.24) is 9.80 Å². The molecule has 0 radical (unpaired) electrons. The van der Waals surface area contributed by atoms with Crippen LogP contribution in [0.4, 0.5) is 4.79 Å². The molecule has 2 amide bonds. The average molecular weight is 254 g/mol. The van der Waals surface area contributed by atoms with Gasteiger partial charge in [-0.25, -0.2) is 4.79 Å². The first-order chi connectivity index (χ1) is 8.79. The van der Waals surface area contributed by atoms with E-state index in [2.05, 4.69) is 4.90 Å². The van der Waals surface area contributed by atoms with Gasteiger partial charge in [-0.15, -0.1) is 0 Å². The largest absolute Gasteiger partial charge is 0.381 e. The zero-order valence-corrected chi connectivity index (χ0v) is 11.0. The van der Waals surface area contributed by atoms with Gasteiger partial charge in [-0.05, 0) is 25.7 Å². The standard InChI is InChI=1S/C13H22N2O3/c1-17-12-8-10-2-3-11(9-12)15(10)13(16)14-4-6-18-7-5-14/h10-12H,2-9H2,1H3. The second-order valence-corrected chi connectivity index (χ2v) is 5.50. The monoisotopic (exact) mass is 254 g/mol. The van der Waals surface area contributed by atoms with Crippen LogP contribution in [0.3, 0.4) is 0 Å². The normalized spacial score (nSPS) is 35.9. The molecule has 0 aromatic carbocycles. The van der Waals surface area contributed by atoms with Gasteiger partial charge in [0.25, 0.3) is 0 Å². The van der Waals surface area contributed by atoms with Gasteiger partial charge in [0.15, 0.2) is 0 Å². The number of carbonyl (C=O) groups excluding carboxylic acids is 1. The summed E-state index contributed by atoms with van der Waals surface area (Å²) in [7, 11) is 1.78. The summed E-state index contributed by atoms with van der Waals surface area (Å²) in [5.41, 5.74) is 0. The summed E-state index contributed by atoms with van der Waals surface area (Å²) >= 11 is 0. The Bertz CT molecular complexity index is 303. The van der Waals surface area contributed by atoms with Gasteiger partial charge < -0.3 is 19.3 Å². The number of piperidine rings is 1. The van der Waals surface area contributed by atoms with E-state index in [-0.39, 0.29) is 6.03 Å². The van der Waals surface area contributed by atoms with Crippen LogP contribution in [-0.2, 0) is 9.47 Å². The number of hydrogen-bond acceptors (Lipinski definition) is 3. The SMILES string of the molecule is COC1CC2CCC(C1)N2C(=O)N1CCOCC1. The quantitative estimate of drug-likeness (QED) is 0.703. The van der Waals surface area contributed by atoms with Crippen molar-refractivity contribution in [2.75, 3.05) is 33.4 Å². The zero-order valence-electron chi connectivity index (χ0n) is 11.0. The smallest absolute Gasteiger partial charge is 0.320 e. The predicted molar refractivity (Wildman–Crippen MR) is 66.5 cm³/mol. The molecule has 2 bridgehead atoms. The van der Waals surface area contributed by atoms with Crippen LogP contribution in [0.1, 0.15) is 25.7 Å². The number of rotatable bonds is 1. The van der Waals surface area contributed by atoms with Crippen molar-refractivity contribution in [2.24, 2.45) is 0 Å². The molecule has 3 fully saturated rings. The van der Waals surface area contributed by atoms with Gasteiger partial charge in [-0.3, -0.25) is 0 Å². The van der Waals surface area contributed by atoms with E-state index in [0.717, 1.165) is 38.8 Å². The van der Waals surface area contributed by atoms with E-state index < -0.39 is 0 Å². The number of fused-ring (bicyclic) bond motifs is 2. The van der Waals surface area contributed by atoms with Crippen LogP contribution in [0, 0.1) is 0 Å². The fourth-order valence-electron chi connectivity index (χ4n) is 3.55. The number of ether oxygens (including phenoxy) is 2. The van der Waals surface area contributed by atoms with Crippen molar-refractivity contribution in [1.29, 1.82) is 0 Å². The van der Waals surface area contributed by atoms with Gasteiger partial charge in [0.1, 0.15) is 0 Å². The van der Waals surface area contributed by atoms with E-state index >= 15 is 0 Å². The summed E-state index contributed by atoms with van der Waals surface area (Å²) in [6.45, 7) is 2.83. The Morgan fingerprint density at radius 3 is 2.33 bits per heavy atom. The second kappa shape index (κ2) is 5.05. The fraction of sp³-hybridized carbons (Fsp3) is 0.923. The molecular formula is C13H22N2O3. The third kappa shape index (κ3) is 2.10. The van der Waals surface area contributed by atoms with Crippen LogP contribution in [-0.4, -0.2) is 67.4 Å². The van der Waals surface area contributed by atoms with Crippen LogP contribution in [0.25, 0.3) is 0 Å². The van der Waals surface area contributed by atoms with Crippen LogP contribution in [0.5, 0.6) is 0 Å². The minimum atomic E-state index is 0.223. The Morgan fingerprint density at radius 2 is 1.78 bits per heavy atom. The van der Waals surface area contributed by atoms with Gasteiger partial charge in [0.2, 0.25) is 0 Å². The molecule has 3 aliphatic rings. The highest BCUT2D eigenvalue weighted by atomic mass is 16.5. The van der Waals surface area contributed by atoms with Gasteiger partial charge in [-0.1, -0.05) is 0 Å². The molecule has 3 aliphatic heterocycles. The number of methoxy groups -OCH3 is 1. The van der Waals surface area contributed by atoms with Crippen molar-refractivity contribution in [2.45, 2.75) is 43.9 Å². The van der Waals surface area contributed by atoms with E-state index in [1.165, 1.54) is 0 Å². The van der Waals surface area contributed by atoms with E-state index in [1.807, 2.05) is 4.90 Å². The Labute approximate surface area is 108 Å². The van der Waals surface area contributed by atoms with Gasteiger partial charge >= 0.3 is 6.03 Å². The molecule has 3 saturated heterocycles. The fourth-order valence-corrected chi connectivity index (χ4v) is 3.55. The molecule has 0 saturated carbocycles. The molecule has 102 valence electrons. The van der Waals surface area contributed by atoms with Crippen molar-refractivity contribution in [3.63, 3.8) is 0 Å². The molecule has 2 unspecified atom stereocenters. The lowest BCUT2D eigenvalue weighted by Crippen LogP contribution is -2.55. The topological polar surface area (TPSA) is 42.0 Å². The average Bonchev–Trinajstić information content (AvgIpc) is 2.69. The lowest BCUT2D eigenvalue weighted by atomic mass is 10.00. The molecule has 5 heteroatoms. The molecule has 3 rings (SSSR count). The van der Waals surface area contributed by atoms with Crippen molar-refractivity contribution in [3.05, 3.63) is 0 Å². The number of amides is 2. The highest BCUT2D eigenvalue weighted by Crippen LogP contribution is 2.37. The van der Waals surface area contributed by atoms with Gasteiger partial charge in [0, 0.05) is 32.3 Å². The van der Waals surface area contributed by atoms with Crippen molar-refractivity contribution >= 4 is 6.03 Å². The van der Waals surface area contributed by atoms with Crippen LogP contribution >= 0.6 is 0 Å². The van der Waals surface area contributed by atoms with Crippen LogP contribution in [0.15, 0.2) is 0 Å². The number of morpholine rings is 1. The minimum Gasteiger partial charge on any atom is -0.381 e. The second-order valence-electron chi connectivity index (χ2n) is 5.50. The van der Waals surface area contributed by atoms with E-state index in [9.17, 15) is 4.79 Å². The minimum absolute atomic E-state index is 0.223. The molecule has 5 nitrogen and oxygen atoms in total. The maximum atomic E-state index is 12.6. The summed E-state index contributed by atoms with van der Waals surface area (Å²) in [6.07, 6.45) is 4.63. The number of hydrogen-bond donors (Lipinski definition) is 0. The predicted octanol–water partition coefficient (Wildman–Crippen LogP) is 1.08. The molecule has 3 heterocycles. The molecular weight excluding hydrogens is 232 g/mol. The molecule has 0 aromatic rings. The molecule has 0 spiro atoms. The molecule has 0 aliphatic carbocycles. The van der Waals surface area contributed by atoms with Gasteiger partial charge in [-0.2, -0.15) is 0 Å². The highest BCUT2D eigenvalue weighted by Gasteiger charge is 2.44. The third-order valence-corrected chi connectivity index (χ3v) is 4.53. The summed E-state index contributed by atoms with van der Waals surface area (Å²) in [5, 5.41) is 0. The lowest BCUT2D eigenvalue weighted by molar-refractivity contribution is 0.00145. The molecule has 2 atom stereocenters. The van der Waals surface area contributed by atoms with Crippen LogP contribution < -0.4 is 0 Å². The summed E-state index contributed by atoms with van der Waals surface area (Å²) in [5.74, 6) is 0. The zero-order chi connectivity index (χ0) is 12.5. The third-order valence-electron chi connectivity index (χ3n) is 4.53. The number of urea groups is 1.